The molecule has 0 radical (unpaired) electrons. The highest BCUT2D eigenvalue weighted by atomic mass is 79.9. The van der Waals surface area contributed by atoms with Crippen molar-refractivity contribution in [2.75, 3.05) is 31.9 Å². The van der Waals surface area contributed by atoms with Gasteiger partial charge in [0, 0.05) is 42.9 Å². The molecule has 1 aromatic rings. The Morgan fingerprint density at radius 1 is 1.26 bits per heavy atom. The summed E-state index contributed by atoms with van der Waals surface area (Å²) in [7, 11) is 0. The van der Waals surface area contributed by atoms with Gasteiger partial charge in [0.25, 0.3) is 0 Å². The van der Waals surface area contributed by atoms with E-state index in [1.54, 1.807) is 4.90 Å². The van der Waals surface area contributed by atoms with E-state index in [4.69, 9.17) is 10.5 Å². The third kappa shape index (κ3) is 5.70. The van der Waals surface area contributed by atoms with Crippen molar-refractivity contribution in [3.8, 4) is 0 Å². The summed E-state index contributed by atoms with van der Waals surface area (Å²) in [5, 5.41) is 0. The Hall–Kier alpha value is -1.27. The Morgan fingerprint density at radius 3 is 2.65 bits per heavy atom. The Labute approximate surface area is 146 Å². The normalized spacial score (nSPS) is 17.0. The van der Waals surface area contributed by atoms with Gasteiger partial charge in [-0.2, -0.15) is 0 Å². The van der Waals surface area contributed by atoms with Crippen LogP contribution in [-0.2, 0) is 11.3 Å². The molecule has 0 unspecified atom stereocenters. The molecule has 1 fully saturated rings. The van der Waals surface area contributed by atoms with Crippen LogP contribution in [0.5, 0.6) is 0 Å². The van der Waals surface area contributed by atoms with Crippen molar-refractivity contribution in [3.63, 3.8) is 0 Å². The molecule has 1 amide bonds. The third-order valence-corrected chi connectivity index (χ3v) is 4.43. The highest BCUT2D eigenvalue weighted by Gasteiger charge is 2.24. The predicted octanol–water partition coefficient (Wildman–Crippen LogP) is 3.47. The van der Waals surface area contributed by atoms with Crippen LogP contribution in [0, 0.1) is 0 Å². The van der Waals surface area contributed by atoms with E-state index < -0.39 is 5.60 Å². The number of nitrogens with zero attached hydrogens (tertiary/aromatic N) is 2. The van der Waals surface area contributed by atoms with Crippen LogP contribution in [0.3, 0.4) is 0 Å². The molecular formula is C17H26BrN3O2. The molecule has 0 spiro atoms. The van der Waals surface area contributed by atoms with E-state index in [-0.39, 0.29) is 6.09 Å². The minimum atomic E-state index is -0.446. The zero-order chi connectivity index (χ0) is 17.0. The number of carbonyl (C=O) groups is 1. The zero-order valence-electron chi connectivity index (χ0n) is 14.1. The quantitative estimate of drug-likeness (QED) is 0.794. The van der Waals surface area contributed by atoms with Gasteiger partial charge in [-0.15, -0.1) is 0 Å². The largest absolute Gasteiger partial charge is 0.444 e. The standard InChI is InChI=1S/C17H26BrN3O2/c1-17(2,3)23-16(22)21-8-4-7-20(9-10-21)12-13-5-6-14(18)15(19)11-13/h5-6,11H,4,7-10,12,19H2,1-3H3. The summed E-state index contributed by atoms with van der Waals surface area (Å²) < 4.78 is 6.39. The second-order valence-electron chi connectivity index (χ2n) is 6.95. The first-order chi connectivity index (χ1) is 10.7. The van der Waals surface area contributed by atoms with Gasteiger partial charge in [-0.3, -0.25) is 4.90 Å². The molecule has 0 saturated carbocycles. The van der Waals surface area contributed by atoms with Gasteiger partial charge in [0.2, 0.25) is 0 Å². The van der Waals surface area contributed by atoms with Gasteiger partial charge in [-0.25, -0.2) is 4.79 Å². The first-order valence-corrected chi connectivity index (χ1v) is 8.78. The molecule has 2 rings (SSSR count). The number of nitrogens with two attached hydrogens (primary N) is 1. The third-order valence-electron chi connectivity index (χ3n) is 3.71. The minimum Gasteiger partial charge on any atom is -0.444 e. The SMILES string of the molecule is CC(C)(C)OC(=O)N1CCCN(Cc2ccc(Br)c(N)c2)CC1. The lowest BCUT2D eigenvalue weighted by Crippen LogP contribution is -2.39. The van der Waals surface area contributed by atoms with Gasteiger partial charge in [-0.1, -0.05) is 6.07 Å². The molecule has 23 heavy (non-hydrogen) atoms. The molecule has 0 aliphatic carbocycles. The molecule has 2 N–H and O–H groups in total. The molecule has 1 aliphatic heterocycles. The van der Waals surface area contributed by atoms with Crippen LogP contribution < -0.4 is 5.73 Å². The Kier molecular flexibility index (Phi) is 5.92. The van der Waals surface area contributed by atoms with Crippen LogP contribution in [0.2, 0.25) is 0 Å². The van der Waals surface area contributed by atoms with Gasteiger partial charge < -0.3 is 15.4 Å². The first-order valence-electron chi connectivity index (χ1n) is 7.99. The van der Waals surface area contributed by atoms with E-state index in [2.05, 4.69) is 26.9 Å². The molecule has 0 atom stereocenters. The molecule has 1 heterocycles. The van der Waals surface area contributed by atoms with Crippen LogP contribution >= 0.6 is 15.9 Å². The number of carbonyl (C=O) groups excluding carboxylic acids is 1. The van der Waals surface area contributed by atoms with Gasteiger partial charge >= 0.3 is 6.09 Å². The van der Waals surface area contributed by atoms with Crippen molar-refractivity contribution in [2.24, 2.45) is 0 Å². The highest BCUT2D eigenvalue weighted by molar-refractivity contribution is 9.10. The number of ether oxygens (including phenoxy) is 1. The van der Waals surface area contributed by atoms with Crippen molar-refractivity contribution in [3.05, 3.63) is 28.2 Å². The van der Waals surface area contributed by atoms with Gasteiger partial charge in [0.05, 0.1) is 0 Å². The lowest BCUT2D eigenvalue weighted by molar-refractivity contribution is 0.0257. The van der Waals surface area contributed by atoms with E-state index in [1.165, 1.54) is 5.56 Å². The second-order valence-corrected chi connectivity index (χ2v) is 7.81. The van der Waals surface area contributed by atoms with Gasteiger partial charge in [0.15, 0.2) is 0 Å². The number of hydrogen-bond donors (Lipinski definition) is 1. The zero-order valence-corrected chi connectivity index (χ0v) is 15.7. The average molecular weight is 384 g/mol. The number of rotatable bonds is 2. The molecule has 5 nitrogen and oxygen atoms in total. The highest BCUT2D eigenvalue weighted by Crippen LogP contribution is 2.21. The number of halogens is 1. The Bertz CT molecular complexity index is 557. The van der Waals surface area contributed by atoms with Crippen LogP contribution in [0.1, 0.15) is 32.8 Å². The van der Waals surface area contributed by atoms with E-state index in [9.17, 15) is 4.79 Å². The second kappa shape index (κ2) is 7.53. The van der Waals surface area contributed by atoms with Crippen LogP contribution in [0.25, 0.3) is 0 Å². The topological polar surface area (TPSA) is 58.8 Å². The summed E-state index contributed by atoms with van der Waals surface area (Å²) >= 11 is 3.42. The molecule has 0 aromatic heterocycles. The maximum absolute atomic E-state index is 12.2. The molecule has 128 valence electrons. The van der Waals surface area contributed by atoms with Gasteiger partial charge in [-0.05, 0) is 60.8 Å². The van der Waals surface area contributed by atoms with Crippen molar-refractivity contribution in [1.82, 2.24) is 9.80 Å². The molecule has 1 saturated heterocycles. The van der Waals surface area contributed by atoms with Crippen molar-refractivity contribution < 1.29 is 9.53 Å². The molecule has 1 aromatic carbocycles. The van der Waals surface area contributed by atoms with E-state index in [0.29, 0.717) is 6.54 Å². The first kappa shape index (κ1) is 18.1. The number of anilines is 1. The number of amides is 1. The molecule has 6 heteroatoms. The van der Waals surface area contributed by atoms with Crippen molar-refractivity contribution in [1.29, 1.82) is 0 Å². The fourth-order valence-electron chi connectivity index (χ4n) is 2.59. The van der Waals surface area contributed by atoms with E-state index in [1.807, 2.05) is 32.9 Å². The summed E-state index contributed by atoms with van der Waals surface area (Å²) in [6.45, 7) is 9.78. The lowest BCUT2D eigenvalue weighted by atomic mass is 10.2. The summed E-state index contributed by atoms with van der Waals surface area (Å²) in [4.78, 5) is 16.3. The Morgan fingerprint density at radius 2 is 2.00 bits per heavy atom. The fraction of sp³-hybridized carbons (Fsp3) is 0.588. The summed E-state index contributed by atoms with van der Waals surface area (Å²) in [6.07, 6.45) is 0.734. The molecule has 1 aliphatic rings. The van der Waals surface area contributed by atoms with Crippen LogP contribution in [-0.4, -0.2) is 47.7 Å². The minimum absolute atomic E-state index is 0.216. The predicted molar refractivity (Wildman–Crippen MR) is 96.3 cm³/mol. The maximum atomic E-state index is 12.2. The van der Waals surface area contributed by atoms with E-state index >= 15 is 0 Å². The lowest BCUT2D eigenvalue weighted by Gasteiger charge is -2.26. The van der Waals surface area contributed by atoms with Gasteiger partial charge in [0.1, 0.15) is 5.60 Å². The number of hydrogen-bond acceptors (Lipinski definition) is 4. The number of nitrogen functional groups attached to an aromatic ring is 1. The summed E-state index contributed by atoms with van der Waals surface area (Å²) in [5.41, 5.74) is 7.44. The number of benzene rings is 1. The monoisotopic (exact) mass is 383 g/mol. The van der Waals surface area contributed by atoms with Crippen molar-refractivity contribution in [2.45, 2.75) is 39.3 Å². The van der Waals surface area contributed by atoms with Crippen LogP contribution in [0.4, 0.5) is 10.5 Å². The fourth-order valence-corrected chi connectivity index (χ4v) is 2.83. The van der Waals surface area contributed by atoms with Crippen LogP contribution in [0.15, 0.2) is 22.7 Å². The molecular weight excluding hydrogens is 358 g/mol. The summed E-state index contributed by atoms with van der Waals surface area (Å²) in [5.74, 6) is 0. The smallest absolute Gasteiger partial charge is 0.410 e. The summed E-state index contributed by atoms with van der Waals surface area (Å²) in [6, 6.07) is 6.06. The maximum Gasteiger partial charge on any atom is 0.410 e. The van der Waals surface area contributed by atoms with E-state index in [0.717, 1.165) is 42.8 Å². The Balaban J connectivity index is 1.90. The average Bonchev–Trinajstić information content (AvgIpc) is 2.67. The molecule has 0 bridgehead atoms. The van der Waals surface area contributed by atoms with Crippen molar-refractivity contribution >= 4 is 27.7 Å².